The average Bonchev–Trinajstić information content (AvgIpc) is 2.73. The maximum atomic E-state index is 12.5. The fourth-order valence-electron chi connectivity index (χ4n) is 3.52. The van der Waals surface area contributed by atoms with Gasteiger partial charge in [-0.1, -0.05) is 51.3 Å². The standard InChI is InChI=1S/C25H25NO3/c1-3-5-6-17(4-2)16-29-25(28)24(15-26)20-8-7-18-12-22-14-23(27)10-9-19(22)11-21(18)13-20/h7-14,17H,3-6,16H2,1-2H3/b24-20-. The van der Waals surface area contributed by atoms with Crippen LogP contribution in [-0.4, -0.2) is 18.4 Å². The molecule has 1 atom stereocenters. The van der Waals surface area contributed by atoms with E-state index in [4.69, 9.17) is 4.74 Å². The van der Waals surface area contributed by atoms with Crippen LogP contribution in [-0.2, 0) is 14.3 Å². The Balaban J connectivity index is 1.91. The first-order valence-electron chi connectivity index (χ1n) is 10.1. The van der Waals surface area contributed by atoms with Crippen molar-refractivity contribution in [3.63, 3.8) is 0 Å². The number of hydrogen-bond acceptors (Lipinski definition) is 4. The van der Waals surface area contributed by atoms with Crippen molar-refractivity contribution in [1.82, 2.24) is 0 Å². The van der Waals surface area contributed by atoms with Crippen molar-refractivity contribution in [3.05, 3.63) is 52.4 Å². The third-order valence-corrected chi connectivity index (χ3v) is 5.37. The molecular formula is C25H25NO3. The minimum Gasteiger partial charge on any atom is -0.461 e. The second-order valence-corrected chi connectivity index (χ2v) is 7.42. The molecule has 4 nitrogen and oxygen atoms in total. The van der Waals surface area contributed by atoms with E-state index in [0.29, 0.717) is 17.7 Å². The summed E-state index contributed by atoms with van der Waals surface area (Å²) in [4.78, 5) is 24.1. The number of ether oxygens (including phenoxy) is 1. The number of esters is 1. The van der Waals surface area contributed by atoms with Crippen LogP contribution in [0, 0.1) is 17.2 Å². The molecule has 2 aromatic carbocycles. The third-order valence-electron chi connectivity index (χ3n) is 5.37. The molecule has 0 bridgehead atoms. The molecule has 0 heterocycles. The van der Waals surface area contributed by atoms with Crippen LogP contribution in [0.25, 0.3) is 28.5 Å². The predicted octanol–water partition coefficient (Wildman–Crippen LogP) is 3.65. The lowest BCUT2D eigenvalue weighted by atomic mass is 9.99. The molecule has 2 aromatic rings. The molecule has 29 heavy (non-hydrogen) atoms. The first-order valence-corrected chi connectivity index (χ1v) is 10.1. The molecule has 148 valence electrons. The summed E-state index contributed by atoms with van der Waals surface area (Å²) in [6.07, 6.45) is 9.12. The number of nitrogens with zero attached hydrogens (tertiary/aromatic N) is 1. The van der Waals surface area contributed by atoms with Crippen molar-refractivity contribution in [3.8, 4) is 6.07 Å². The summed E-state index contributed by atoms with van der Waals surface area (Å²) in [5.41, 5.74) is 0.962. The Hall–Kier alpha value is -3.19. The second-order valence-electron chi connectivity index (χ2n) is 7.42. The minimum absolute atomic E-state index is 0.0206. The highest BCUT2D eigenvalue weighted by Gasteiger charge is 2.15. The summed E-state index contributed by atoms with van der Waals surface area (Å²) in [5.74, 6) is -0.271. The molecule has 0 saturated heterocycles. The summed E-state index contributed by atoms with van der Waals surface area (Å²) in [6, 6.07) is 11.4. The van der Waals surface area contributed by atoms with Gasteiger partial charge in [0, 0.05) is 5.22 Å². The Bertz CT molecular complexity index is 1140. The molecule has 0 N–H and O–H groups in total. The first kappa shape index (κ1) is 20.5. The Morgan fingerprint density at radius 2 is 1.97 bits per heavy atom. The number of ketones is 1. The molecule has 1 aliphatic carbocycles. The van der Waals surface area contributed by atoms with Crippen LogP contribution in [0.4, 0.5) is 0 Å². The van der Waals surface area contributed by atoms with E-state index in [1.165, 1.54) is 6.08 Å². The van der Waals surface area contributed by atoms with Gasteiger partial charge >= 0.3 is 5.97 Å². The number of rotatable bonds is 7. The summed E-state index contributed by atoms with van der Waals surface area (Å²) in [7, 11) is 0. The summed E-state index contributed by atoms with van der Waals surface area (Å²) in [5, 5.41) is 12.8. The van der Waals surface area contributed by atoms with E-state index < -0.39 is 5.97 Å². The highest BCUT2D eigenvalue weighted by molar-refractivity contribution is 6.17. The van der Waals surface area contributed by atoms with Crippen LogP contribution >= 0.6 is 0 Å². The molecular weight excluding hydrogens is 362 g/mol. The maximum absolute atomic E-state index is 12.5. The zero-order valence-corrected chi connectivity index (χ0v) is 16.9. The SMILES string of the molecule is CCCCC(CC)COC(=O)/C(C#N)=c1/ccc2cc3c(cc2c1)C=CC(=O)C=3. The smallest absolute Gasteiger partial charge is 0.349 e. The number of unbranched alkanes of at least 4 members (excludes halogenated alkanes) is 1. The molecule has 0 spiro atoms. The molecule has 0 fully saturated rings. The van der Waals surface area contributed by atoms with E-state index in [1.54, 1.807) is 18.2 Å². The largest absolute Gasteiger partial charge is 0.461 e. The minimum atomic E-state index is -0.571. The molecule has 1 aliphatic rings. The predicted molar refractivity (Wildman–Crippen MR) is 115 cm³/mol. The van der Waals surface area contributed by atoms with Crippen LogP contribution < -0.4 is 10.4 Å². The number of allylic oxidation sites excluding steroid dienone is 1. The zero-order chi connectivity index (χ0) is 20.8. The van der Waals surface area contributed by atoms with Gasteiger partial charge in [0.05, 0.1) is 6.61 Å². The highest BCUT2D eigenvalue weighted by Crippen LogP contribution is 2.15. The van der Waals surface area contributed by atoms with Crippen LogP contribution in [0.1, 0.15) is 45.1 Å². The van der Waals surface area contributed by atoms with Gasteiger partial charge in [-0.2, -0.15) is 5.26 Å². The van der Waals surface area contributed by atoms with Crippen LogP contribution in [0.5, 0.6) is 0 Å². The quantitative estimate of drug-likeness (QED) is 0.680. The molecule has 0 radical (unpaired) electrons. The van der Waals surface area contributed by atoms with Gasteiger partial charge in [-0.15, -0.1) is 0 Å². The number of benzene rings is 2. The molecule has 0 aromatic heterocycles. The summed E-state index contributed by atoms with van der Waals surface area (Å²) >= 11 is 0. The topological polar surface area (TPSA) is 67.2 Å². The van der Waals surface area contributed by atoms with Crippen molar-refractivity contribution in [2.24, 2.45) is 5.92 Å². The summed E-state index contributed by atoms with van der Waals surface area (Å²) in [6.45, 7) is 4.58. The van der Waals surface area contributed by atoms with E-state index in [2.05, 4.69) is 13.8 Å². The fraction of sp³-hybridized carbons (Fsp3) is 0.320. The highest BCUT2D eigenvalue weighted by atomic mass is 16.5. The Morgan fingerprint density at radius 3 is 2.69 bits per heavy atom. The van der Waals surface area contributed by atoms with Crippen molar-refractivity contribution in [2.45, 2.75) is 39.5 Å². The molecule has 3 rings (SSSR count). The van der Waals surface area contributed by atoms with Gasteiger partial charge in [-0.25, -0.2) is 4.79 Å². The lowest BCUT2D eigenvalue weighted by Crippen LogP contribution is -2.19. The van der Waals surface area contributed by atoms with Gasteiger partial charge in [-0.3, -0.25) is 4.79 Å². The van der Waals surface area contributed by atoms with Crippen molar-refractivity contribution in [1.29, 1.82) is 5.26 Å². The normalized spacial score (nSPS) is 14.6. The van der Waals surface area contributed by atoms with Crippen molar-refractivity contribution < 1.29 is 14.3 Å². The number of carbonyl (C=O) groups excluding carboxylic acids is 2. The molecule has 4 heteroatoms. The maximum Gasteiger partial charge on any atom is 0.349 e. The van der Waals surface area contributed by atoms with Gasteiger partial charge in [0.2, 0.25) is 0 Å². The molecule has 0 aliphatic heterocycles. The number of hydrogen-bond donors (Lipinski definition) is 0. The molecule has 1 unspecified atom stereocenters. The Kier molecular flexibility index (Phi) is 6.61. The zero-order valence-electron chi connectivity index (χ0n) is 16.9. The third kappa shape index (κ3) is 4.81. The van der Waals surface area contributed by atoms with Crippen molar-refractivity contribution in [2.75, 3.05) is 6.61 Å². The number of carbonyl (C=O) groups is 2. The lowest BCUT2D eigenvalue weighted by Gasteiger charge is -2.14. The van der Waals surface area contributed by atoms with Crippen molar-refractivity contribution >= 4 is 40.3 Å². The van der Waals surface area contributed by atoms with E-state index in [0.717, 1.165) is 47.2 Å². The average molecular weight is 387 g/mol. The van der Waals surface area contributed by atoms with E-state index in [1.807, 2.05) is 30.3 Å². The number of nitriles is 1. The van der Waals surface area contributed by atoms with Gasteiger partial charge in [0.1, 0.15) is 11.6 Å². The Labute approximate surface area is 170 Å². The fourth-order valence-corrected chi connectivity index (χ4v) is 3.52. The first-order chi connectivity index (χ1) is 14.0. The lowest BCUT2D eigenvalue weighted by molar-refractivity contribution is -0.138. The van der Waals surface area contributed by atoms with Gasteiger partial charge in [0.15, 0.2) is 5.78 Å². The van der Waals surface area contributed by atoms with E-state index in [-0.39, 0.29) is 11.4 Å². The van der Waals surface area contributed by atoms with Crippen LogP contribution in [0.15, 0.2) is 36.4 Å². The van der Waals surface area contributed by atoms with Gasteiger partial charge < -0.3 is 4.74 Å². The molecule has 0 saturated carbocycles. The molecule has 0 amide bonds. The Morgan fingerprint density at radius 1 is 1.14 bits per heavy atom. The van der Waals surface area contributed by atoms with E-state index >= 15 is 0 Å². The van der Waals surface area contributed by atoms with Gasteiger partial charge in [-0.05, 0) is 64.2 Å². The van der Waals surface area contributed by atoms with Crippen LogP contribution in [0.2, 0.25) is 0 Å². The number of fused-ring (bicyclic) bond motifs is 2. The summed E-state index contributed by atoms with van der Waals surface area (Å²) < 4.78 is 5.46. The van der Waals surface area contributed by atoms with E-state index in [9.17, 15) is 14.9 Å². The monoisotopic (exact) mass is 387 g/mol. The van der Waals surface area contributed by atoms with Gasteiger partial charge in [0.25, 0.3) is 0 Å². The van der Waals surface area contributed by atoms with Crippen LogP contribution in [0.3, 0.4) is 0 Å². The second kappa shape index (κ2) is 9.34.